The topological polar surface area (TPSA) is 86.9 Å². The number of nitrogens with zero attached hydrogens (tertiary/aromatic N) is 2. The van der Waals surface area contributed by atoms with Crippen molar-refractivity contribution >= 4 is 41.5 Å². The highest BCUT2D eigenvalue weighted by molar-refractivity contribution is 6.33. The number of hydrogen-bond acceptors (Lipinski definition) is 4. The first-order valence-electron chi connectivity index (χ1n) is 9.41. The maximum absolute atomic E-state index is 14.6. The number of carbonyl (C=O) groups excluding carboxylic acids is 2. The van der Waals surface area contributed by atoms with E-state index in [9.17, 15) is 19.1 Å². The second kappa shape index (κ2) is 9.31. The van der Waals surface area contributed by atoms with Crippen LogP contribution < -0.4 is 10.6 Å². The summed E-state index contributed by atoms with van der Waals surface area (Å²) in [4.78, 5) is 28.5. The fourth-order valence-corrected chi connectivity index (χ4v) is 4.08. The summed E-state index contributed by atoms with van der Waals surface area (Å²) in [5, 5.41) is 11.5. The number of anilines is 1. The Hall–Kier alpha value is -2.19. The zero-order chi connectivity index (χ0) is 21.3. The highest BCUT2D eigenvalue weighted by Crippen LogP contribution is 2.48. The maximum Gasteiger partial charge on any atom is 0.268 e. The number of carbonyl (C=O) groups is 2. The van der Waals surface area contributed by atoms with Crippen molar-refractivity contribution in [2.75, 3.05) is 31.1 Å². The summed E-state index contributed by atoms with van der Waals surface area (Å²) in [5.74, 6) is -2.16. The Labute approximate surface area is 185 Å². The van der Waals surface area contributed by atoms with Crippen molar-refractivity contribution < 1.29 is 19.1 Å². The van der Waals surface area contributed by atoms with Crippen LogP contribution in [-0.2, 0) is 10.4 Å². The van der Waals surface area contributed by atoms with E-state index in [-0.39, 0.29) is 46.4 Å². The number of amides is 2. The van der Waals surface area contributed by atoms with Crippen LogP contribution in [0.2, 0.25) is 5.02 Å². The van der Waals surface area contributed by atoms with Gasteiger partial charge >= 0.3 is 0 Å². The minimum absolute atomic E-state index is 0. The van der Waals surface area contributed by atoms with Gasteiger partial charge in [0.05, 0.1) is 10.7 Å². The van der Waals surface area contributed by atoms with Crippen LogP contribution in [0.4, 0.5) is 10.1 Å². The summed E-state index contributed by atoms with van der Waals surface area (Å²) < 4.78 is 14.6. The third-order valence-electron chi connectivity index (χ3n) is 5.36. The van der Waals surface area contributed by atoms with Gasteiger partial charge in [-0.05, 0) is 31.3 Å². The molecule has 1 aliphatic rings. The first-order valence-corrected chi connectivity index (χ1v) is 9.78. The fraction of sp³-hybridized carbons (Fsp3) is 0.333. The van der Waals surface area contributed by atoms with E-state index >= 15 is 0 Å². The molecule has 0 saturated heterocycles. The summed E-state index contributed by atoms with van der Waals surface area (Å²) in [7, 11) is 0. The van der Waals surface area contributed by atoms with Crippen LogP contribution in [0.1, 0.15) is 35.3 Å². The van der Waals surface area contributed by atoms with E-state index < -0.39 is 23.2 Å². The SMILES string of the molecule is CCN(CC)CCN1C(=O)C(O)(c2ccccc2F)c2c(Cl)cc(C(N)=O)cc21.Cl. The molecule has 1 aliphatic heterocycles. The number of fused-ring (bicyclic) bond motifs is 1. The summed E-state index contributed by atoms with van der Waals surface area (Å²) >= 11 is 6.37. The second-order valence-electron chi connectivity index (χ2n) is 6.89. The molecule has 3 N–H and O–H groups in total. The van der Waals surface area contributed by atoms with Crippen LogP contribution in [-0.4, -0.2) is 48.0 Å². The lowest BCUT2D eigenvalue weighted by Crippen LogP contribution is -2.44. The third kappa shape index (κ3) is 3.90. The van der Waals surface area contributed by atoms with Gasteiger partial charge in [0.2, 0.25) is 11.5 Å². The first-order chi connectivity index (χ1) is 13.7. The number of benzene rings is 2. The molecule has 0 bridgehead atoms. The van der Waals surface area contributed by atoms with E-state index in [2.05, 4.69) is 4.90 Å². The average molecular weight is 456 g/mol. The molecule has 1 atom stereocenters. The zero-order valence-corrected chi connectivity index (χ0v) is 18.3. The van der Waals surface area contributed by atoms with Gasteiger partial charge in [-0.1, -0.05) is 43.6 Å². The molecule has 1 unspecified atom stereocenters. The first kappa shape index (κ1) is 24.1. The Bertz CT molecular complexity index is 969. The Balaban J connectivity index is 0.00000320. The van der Waals surface area contributed by atoms with Crippen LogP contribution in [0.15, 0.2) is 36.4 Å². The predicted octanol–water partition coefficient (Wildman–Crippen LogP) is 2.92. The van der Waals surface area contributed by atoms with Crippen LogP contribution in [0.5, 0.6) is 0 Å². The van der Waals surface area contributed by atoms with E-state index in [1.54, 1.807) is 0 Å². The van der Waals surface area contributed by atoms with Crippen molar-refractivity contribution in [3.63, 3.8) is 0 Å². The number of nitrogens with two attached hydrogens (primary N) is 1. The molecular weight excluding hydrogens is 432 g/mol. The Morgan fingerprint density at radius 1 is 1.27 bits per heavy atom. The lowest BCUT2D eigenvalue weighted by atomic mass is 9.86. The second-order valence-corrected chi connectivity index (χ2v) is 7.30. The third-order valence-corrected chi connectivity index (χ3v) is 5.66. The van der Waals surface area contributed by atoms with Gasteiger partial charge in [-0.25, -0.2) is 4.39 Å². The van der Waals surface area contributed by atoms with Crippen molar-refractivity contribution in [2.24, 2.45) is 5.73 Å². The molecule has 3 rings (SSSR count). The molecule has 2 aromatic carbocycles. The standard InChI is InChI=1S/C21H23ClFN3O3.ClH/c1-3-25(4-2)9-10-26-17-12-13(19(24)27)11-15(22)18(17)21(29,20(26)28)14-7-5-6-8-16(14)23;/h5-8,11-12,29H,3-4,9-10H2,1-2H3,(H2,24,27);1H. The molecule has 0 radical (unpaired) electrons. The lowest BCUT2D eigenvalue weighted by Gasteiger charge is -2.26. The number of hydrogen-bond donors (Lipinski definition) is 2. The van der Waals surface area contributed by atoms with E-state index in [0.29, 0.717) is 6.54 Å². The quantitative estimate of drug-likeness (QED) is 0.671. The molecule has 9 heteroatoms. The summed E-state index contributed by atoms with van der Waals surface area (Å²) in [6.45, 7) is 6.34. The maximum atomic E-state index is 14.6. The van der Waals surface area contributed by atoms with E-state index in [4.69, 9.17) is 17.3 Å². The van der Waals surface area contributed by atoms with Gasteiger partial charge in [0, 0.05) is 29.8 Å². The molecule has 0 aliphatic carbocycles. The molecule has 2 amide bonds. The van der Waals surface area contributed by atoms with Gasteiger partial charge in [-0.15, -0.1) is 12.4 Å². The molecule has 0 fully saturated rings. The van der Waals surface area contributed by atoms with Crippen molar-refractivity contribution in [3.05, 3.63) is 63.9 Å². The lowest BCUT2D eigenvalue weighted by molar-refractivity contribution is -0.132. The predicted molar refractivity (Wildman–Crippen MR) is 117 cm³/mol. The molecule has 0 aromatic heterocycles. The van der Waals surface area contributed by atoms with E-state index in [1.165, 1.54) is 41.3 Å². The van der Waals surface area contributed by atoms with Crippen molar-refractivity contribution in [1.82, 2.24) is 4.90 Å². The van der Waals surface area contributed by atoms with Gasteiger partial charge in [0.25, 0.3) is 5.91 Å². The largest absolute Gasteiger partial charge is 0.372 e. The number of rotatable bonds is 7. The van der Waals surface area contributed by atoms with Crippen LogP contribution in [0, 0.1) is 5.82 Å². The Morgan fingerprint density at radius 3 is 2.47 bits per heavy atom. The molecule has 0 saturated carbocycles. The monoisotopic (exact) mass is 455 g/mol. The van der Waals surface area contributed by atoms with Crippen LogP contribution >= 0.6 is 24.0 Å². The number of likely N-dealkylation sites (N-methyl/N-ethyl adjacent to an activating group) is 1. The average Bonchev–Trinajstić information content (AvgIpc) is 2.91. The Morgan fingerprint density at radius 2 is 1.90 bits per heavy atom. The summed E-state index contributed by atoms with van der Waals surface area (Å²) in [6, 6.07) is 8.23. The van der Waals surface area contributed by atoms with Crippen LogP contribution in [0.3, 0.4) is 0 Å². The number of aliphatic hydroxyl groups is 1. The van der Waals surface area contributed by atoms with Gasteiger partial charge in [0.15, 0.2) is 0 Å². The van der Waals surface area contributed by atoms with Crippen molar-refractivity contribution in [2.45, 2.75) is 19.4 Å². The minimum atomic E-state index is -2.29. The van der Waals surface area contributed by atoms with Gasteiger partial charge < -0.3 is 20.6 Å². The van der Waals surface area contributed by atoms with Gasteiger partial charge in [-0.3, -0.25) is 9.59 Å². The highest BCUT2D eigenvalue weighted by atomic mass is 35.5. The molecular formula is C21H24Cl2FN3O3. The molecule has 1 heterocycles. The molecule has 6 nitrogen and oxygen atoms in total. The summed E-state index contributed by atoms with van der Waals surface area (Å²) in [6.07, 6.45) is 0. The van der Waals surface area contributed by atoms with Gasteiger partial charge in [0.1, 0.15) is 5.82 Å². The van der Waals surface area contributed by atoms with E-state index in [1.807, 2.05) is 13.8 Å². The normalized spacial score (nSPS) is 17.8. The molecule has 0 spiro atoms. The molecule has 30 heavy (non-hydrogen) atoms. The van der Waals surface area contributed by atoms with Crippen molar-refractivity contribution in [3.8, 4) is 0 Å². The zero-order valence-electron chi connectivity index (χ0n) is 16.7. The van der Waals surface area contributed by atoms with Crippen molar-refractivity contribution in [1.29, 1.82) is 0 Å². The smallest absolute Gasteiger partial charge is 0.268 e. The minimum Gasteiger partial charge on any atom is -0.372 e. The van der Waals surface area contributed by atoms with Gasteiger partial charge in [-0.2, -0.15) is 0 Å². The number of halogens is 3. The fourth-order valence-electron chi connectivity index (χ4n) is 3.72. The Kier molecular flexibility index (Phi) is 7.47. The molecule has 2 aromatic rings. The number of primary amides is 1. The highest BCUT2D eigenvalue weighted by Gasteiger charge is 2.53. The molecule has 162 valence electrons. The van der Waals surface area contributed by atoms with Crippen LogP contribution in [0.25, 0.3) is 0 Å². The summed E-state index contributed by atoms with van der Waals surface area (Å²) in [5.41, 5.74) is 3.33. The van der Waals surface area contributed by atoms with E-state index in [0.717, 1.165) is 13.1 Å².